The summed E-state index contributed by atoms with van der Waals surface area (Å²) in [6.45, 7) is 6.31. The van der Waals surface area contributed by atoms with Crippen LogP contribution in [0.1, 0.15) is 55.5 Å². The first-order valence-electron chi connectivity index (χ1n) is 6.45. The van der Waals surface area contributed by atoms with Crippen LogP contribution in [0.5, 0.6) is 0 Å². The first-order valence-corrected chi connectivity index (χ1v) is 6.45. The molecule has 0 fully saturated rings. The van der Waals surface area contributed by atoms with Gasteiger partial charge in [0.15, 0.2) is 0 Å². The minimum Gasteiger partial charge on any atom is -0.338 e. The molecule has 0 aliphatic carbocycles. The van der Waals surface area contributed by atoms with Crippen LogP contribution in [-0.2, 0) is 0 Å². The second-order valence-electron chi connectivity index (χ2n) is 4.76. The lowest BCUT2D eigenvalue weighted by molar-refractivity contribution is 0.0944. The molecule has 0 spiro atoms. The molecule has 0 bridgehead atoms. The third-order valence-electron chi connectivity index (χ3n) is 2.92. The standard InChI is InChI=1S/C16H21NO/c1-5-7-15(6-2)17-16(18)14-10-8-13(9-11-14)12(3)4/h2,8-12,15H,5,7H2,1,3-4H3,(H,17,18). The Morgan fingerprint density at radius 1 is 1.33 bits per heavy atom. The van der Waals surface area contributed by atoms with Gasteiger partial charge in [0.1, 0.15) is 0 Å². The van der Waals surface area contributed by atoms with E-state index in [0.29, 0.717) is 11.5 Å². The predicted molar refractivity (Wildman–Crippen MR) is 75.5 cm³/mol. The predicted octanol–water partition coefficient (Wildman–Crippen LogP) is 3.34. The first kappa shape index (κ1) is 14.3. The van der Waals surface area contributed by atoms with Crippen molar-refractivity contribution in [2.45, 2.75) is 45.6 Å². The fourth-order valence-corrected chi connectivity index (χ4v) is 1.75. The van der Waals surface area contributed by atoms with Gasteiger partial charge in [-0.15, -0.1) is 6.42 Å². The molecule has 2 nitrogen and oxygen atoms in total. The van der Waals surface area contributed by atoms with Crippen LogP contribution in [0.25, 0.3) is 0 Å². The zero-order valence-electron chi connectivity index (χ0n) is 11.4. The maximum Gasteiger partial charge on any atom is 0.252 e. The van der Waals surface area contributed by atoms with Crippen molar-refractivity contribution in [2.24, 2.45) is 0 Å². The van der Waals surface area contributed by atoms with Crippen molar-refractivity contribution in [2.75, 3.05) is 0 Å². The average Bonchev–Trinajstić information content (AvgIpc) is 2.38. The van der Waals surface area contributed by atoms with E-state index in [1.807, 2.05) is 31.2 Å². The second kappa shape index (κ2) is 6.86. The second-order valence-corrected chi connectivity index (χ2v) is 4.76. The summed E-state index contributed by atoms with van der Waals surface area (Å²) in [6, 6.07) is 7.51. The molecule has 1 aromatic rings. The summed E-state index contributed by atoms with van der Waals surface area (Å²) in [5.41, 5.74) is 1.89. The third-order valence-corrected chi connectivity index (χ3v) is 2.92. The minimum atomic E-state index is -0.174. The van der Waals surface area contributed by atoms with Gasteiger partial charge >= 0.3 is 0 Å². The number of nitrogens with one attached hydrogen (secondary N) is 1. The summed E-state index contributed by atoms with van der Waals surface area (Å²) < 4.78 is 0. The van der Waals surface area contributed by atoms with E-state index in [1.54, 1.807) is 0 Å². The van der Waals surface area contributed by atoms with Gasteiger partial charge in [-0.2, -0.15) is 0 Å². The largest absolute Gasteiger partial charge is 0.338 e. The molecule has 0 aliphatic rings. The van der Waals surface area contributed by atoms with Gasteiger partial charge in [0.05, 0.1) is 6.04 Å². The molecule has 1 aromatic carbocycles. The quantitative estimate of drug-likeness (QED) is 0.790. The number of rotatable bonds is 5. The highest BCUT2D eigenvalue weighted by Crippen LogP contribution is 2.14. The lowest BCUT2D eigenvalue weighted by Crippen LogP contribution is -2.33. The van der Waals surface area contributed by atoms with E-state index in [9.17, 15) is 4.79 Å². The molecule has 1 amide bonds. The Morgan fingerprint density at radius 2 is 1.94 bits per heavy atom. The average molecular weight is 243 g/mol. The number of hydrogen-bond acceptors (Lipinski definition) is 1. The van der Waals surface area contributed by atoms with Crippen LogP contribution in [0, 0.1) is 12.3 Å². The van der Waals surface area contributed by atoms with Crippen LogP contribution in [0.4, 0.5) is 0 Å². The highest BCUT2D eigenvalue weighted by Gasteiger charge is 2.10. The zero-order valence-corrected chi connectivity index (χ0v) is 11.4. The van der Waals surface area contributed by atoms with Crippen molar-refractivity contribution in [3.8, 4) is 12.3 Å². The molecule has 0 heterocycles. The summed E-state index contributed by atoms with van der Waals surface area (Å²) in [4.78, 5) is 12.0. The maximum absolute atomic E-state index is 12.0. The highest BCUT2D eigenvalue weighted by molar-refractivity contribution is 5.94. The molecule has 0 radical (unpaired) electrons. The SMILES string of the molecule is C#CC(CCC)NC(=O)c1ccc(C(C)C)cc1. The molecule has 1 N–H and O–H groups in total. The van der Waals surface area contributed by atoms with Crippen LogP contribution in [0.2, 0.25) is 0 Å². The molecule has 1 atom stereocenters. The molecule has 0 saturated heterocycles. The minimum absolute atomic E-state index is 0.0956. The molecular weight excluding hydrogens is 222 g/mol. The number of carbonyl (C=O) groups excluding carboxylic acids is 1. The molecule has 1 rings (SSSR count). The van der Waals surface area contributed by atoms with Crippen LogP contribution in [0.15, 0.2) is 24.3 Å². The van der Waals surface area contributed by atoms with E-state index < -0.39 is 0 Å². The summed E-state index contributed by atoms with van der Waals surface area (Å²) in [5.74, 6) is 2.98. The van der Waals surface area contributed by atoms with Crippen molar-refractivity contribution >= 4 is 5.91 Å². The first-order chi connectivity index (χ1) is 8.58. The van der Waals surface area contributed by atoms with Crippen molar-refractivity contribution < 1.29 is 4.79 Å². The summed E-state index contributed by atoms with van der Waals surface area (Å²) in [5, 5.41) is 2.86. The normalized spacial score (nSPS) is 11.9. The Labute approximate surface area is 110 Å². The fraction of sp³-hybridized carbons (Fsp3) is 0.438. The van der Waals surface area contributed by atoms with Crippen molar-refractivity contribution in [1.82, 2.24) is 5.32 Å². The maximum atomic E-state index is 12.0. The van der Waals surface area contributed by atoms with E-state index in [4.69, 9.17) is 6.42 Å². The number of benzene rings is 1. The van der Waals surface area contributed by atoms with E-state index >= 15 is 0 Å². The third kappa shape index (κ3) is 3.92. The number of amides is 1. The smallest absolute Gasteiger partial charge is 0.252 e. The van der Waals surface area contributed by atoms with Gasteiger partial charge in [0.2, 0.25) is 0 Å². The summed E-state index contributed by atoms with van der Waals surface area (Å²) in [6.07, 6.45) is 7.16. The Balaban J connectivity index is 2.70. The van der Waals surface area contributed by atoms with Crippen LogP contribution in [0.3, 0.4) is 0 Å². The Kier molecular flexibility index (Phi) is 5.45. The monoisotopic (exact) mass is 243 g/mol. The van der Waals surface area contributed by atoms with Gasteiger partial charge in [-0.1, -0.05) is 45.2 Å². The summed E-state index contributed by atoms with van der Waals surface area (Å²) >= 11 is 0. The van der Waals surface area contributed by atoms with E-state index in [1.165, 1.54) is 5.56 Å². The highest BCUT2D eigenvalue weighted by atomic mass is 16.1. The van der Waals surface area contributed by atoms with E-state index in [0.717, 1.165) is 12.8 Å². The zero-order chi connectivity index (χ0) is 13.5. The molecule has 2 heteroatoms. The van der Waals surface area contributed by atoms with Crippen LogP contribution >= 0.6 is 0 Å². The van der Waals surface area contributed by atoms with Crippen LogP contribution < -0.4 is 5.32 Å². The van der Waals surface area contributed by atoms with Gasteiger partial charge in [-0.25, -0.2) is 0 Å². The number of terminal acetylenes is 1. The van der Waals surface area contributed by atoms with Crippen molar-refractivity contribution in [3.05, 3.63) is 35.4 Å². The Hall–Kier alpha value is -1.75. The lowest BCUT2D eigenvalue weighted by atomic mass is 10.0. The number of carbonyl (C=O) groups is 1. The Bertz CT molecular complexity index is 425. The van der Waals surface area contributed by atoms with Crippen molar-refractivity contribution in [3.63, 3.8) is 0 Å². The molecule has 1 unspecified atom stereocenters. The lowest BCUT2D eigenvalue weighted by Gasteiger charge is -2.12. The van der Waals surface area contributed by atoms with Gasteiger partial charge in [-0.3, -0.25) is 4.79 Å². The topological polar surface area (TPSA) is 29.1 Å². The Morgan fingerprint density at radius 3 is 2.39 bits per heavy atom. The molecule has 0 aromatic heterocycles. The van der Waals surface area contributed by atoms with Gasteiger partial charge < -0.3 is 5.32 Å². The van der Waals surface area contributed by atoms with E-state index in [2.05, 4.69) is 25.1 Å². The van der Waals surface area contributed by atoms with Crippen molar-refractivity contribution in [1.29, 1.82) is 0 Å². The number of hydrogen-bond donors (Lipinski definition) is 1. The molecule has 18 heavy (non-hydrogen) atoms. The van der Waals surface area contributed by atoms with Gasteiger partial charge in [0, 0.05) is 5.56 Å². The fourth-order valence-electron chi connectivity index (χ4n) is 1.75. The molecule has 0 aliphatic heterocycles. The molecule has 96 valence electrons. The molecule has 0 saturated carbocycles. The van der Waals surface area contributed by atoms with Gasteiger partial charge in [-0.05, 0) is 30.0 Å². The van der Waals surface area contributed by atoms with E-state index in [-0.39, 0.29) is 11.9 Å². The van der Waals surface area contributed by atoms with Gasteiger partial charge in [0.25, 0.3) is 5.91 Å². The summed E-state index contributed by atoms with van der Waals surface area (Å²) in [7, 11) is 0. The van der Waals surface area contributed by atoms with Crippen LogP contribution in [-0.4, -0.2) is 11.9 Å². The molecular formula is C16H21NO.